The molecule has 1 aliphatic rings. The maximum atomic E-state index is 12.5. The van der Waals surface area contributed by atoms with E-state index in [1.165, 1.54) is 19.3 Å². The molecular weight excluding hydrogens is 340 g/mol. The lowest BCUT2D eigenvalue weighted by atomic mass is 9.83. The van der Waals surface area contributed by atoms with Crippen LogP contribution in [0.5, 0.6) is 0 Å². The van der Waals surface area contributed by atoms with E-state index in [0.717, 1.165) is 24.0 Å². The van der Waals surface area contributed by atoms with Crippen molar-refractivity contribution in [3.8, 4) is 0 Å². The van der Waals surface area contributed by atoms with Crippen molar-refractivity contribution < 1.29 is 9.90 Å². The van der Waals surface area contributed by atoms with Crippen molar-refractivity contribution in [3.63, 3.8) is 0 Å². The Morgan fingerprint density at radius 1 is 1.19 bits per heavy atom. The van der Waals surface area contributed by atoms with E-state index in [4.69, 9.17) is 10.8 Å². The summed E-state index contributed by atoms with van der Waals surface area (Å²) in [4.78, 5) is 16.8. The van der Waals surface area contributed by atoms with Crippen LogP contribution in [0.4, 0.5) is 11.4 Å². The lowest BCUT2D eigenvalue weighted by Crippen LogP contribution is -2.18. The number of hydrogen-bond donors (Lipinski definition) is 4. The molecule has 1 saturated carbocycles. The lowest BCUT2D eigenvalue weighted by molar-refractivity contribution is 0.102. The summed E-state index contributed by atoms with van der Waals surface area (Å²) in [5.74, 6) is 0.219. The van der Waals surface area contributed by atoms with Gasteiger partial charge in [0.25, 0.3) is 5.91 Å². The van der Waals surface area contributed by atoms with Gasteiger partial charge < -0.3 is 21.5 Å². The van der Waals surface area contributed by atoms with Gasteiger partial charge in [0.05, 0.1) is 18.0 Å². The van der Waals surface area contributed by atoms with Gasteiger partial charge in [-0.05, 0) is 42.0 Å². The molecule has 3 rings (SSSR count). The molecule has 27 heavy (non-hydrogen) atoms. The van der Waals surface area contributed by atoms with Gasteiger partial charge >= 0.3 is 0 Å². The molecule has 1 fully saturated rings. The lowest BCUT2D eigenvalue weighted by Gasteiger charge is -2.24. The molecule has 0 unspecified atom stereocenters. The van der Waals surface area contributed by atoms with Gasteiger partial charge in [0.1, 0.15) is 5.69 Å². The van der Waals surface area contributed by atoms with Crippen molar-refractivity contribution in [1.82, 2.24) is 10.3 Å². The molecule has 144 valence electrons. The molecule has 0 saturated heterocycles. The number of carbonyl (C=O) groups excluding carboxylic acids is 1. The number of nitrogens with two attached hydrogens (primary N) is 1. The predicted octanol–water partition coefficient (Wildman–Crippen LogP) is 3.05. The number of carbonyl (C=O) groups is 1. The number of aliphatic hydroxyl groups excluding tert-OH is 1. The Balaban J connectivity index is 1.67. The maximum absolute atomic E-state index is 12.5. The van der Waals surface area contributed by atoms with Gasteiger partial charge in [-0.25, -0.2) is 0 Å². The molecule has 1 aromatic heterocycles. The monoisotopic (exact) mass is 368 g/mol. The van der Waals surface area contributed by atoms with E-state index >= 15 is 0 Å². The standard InChI is InChI=1S/C21H28N4O2/c22-20-17(16-5-2-1-3-6-16)7-4-8-18(20)25-21(27)19-10-9-15(14-24-19)13-23-11-12-26/h4,7-10,14,16,23,26H,1-3,5-6,11-13,22H2,(H,25,27). The molecule has 1 heterocycles. The topological polar surface area (TPSA) is 100 Å². The Morgan fingerprint density at radius 2 is 2.00 bits per heavy atom. The number of rotatable bonds is 7. The van der Waals surface area contributed by atoms with Gasteiger partial charge in [-0.15, -0.1) is 0 Å². The average molecular weight is 368 g/mol. The summed E-state index contributed by atoms with van der Waals surface area (Å²) in [7, 11) is 0. The number of aliphatic hydroxyl groups is 1. The normalized spacial score (nSPS) is 14.9. The molecule has 1 aliphatic carbocycles. The van der Waals surface area contributed by atoms with Crippen molar-refractivity contribution in [1.29, 1.82) is 0 Å². The first-order valence-corrected chi connectivity index (χ1v) is 9.65. The van der Waals surface area contributed by atoms with Crippen molar-refractivity contribution in [3.05, 3.63) is 53.3 Å². The number of aromatic nitrogens is 1. The summed E-state index contributed by atoms with van der Waals surface area (Å²) in [6.45, 7) is 1.22. The van der Waals surface area contributed by atoms with Crippen LogP contribution in [0.25, 0.3) is 0 Å². The van der Waals surface area contributed by atoms with Crippen LogP contribution in [-0.2, 0) is 6.54 Å². The summed E-state index contributed by atoms with van der Waals surface area (Å²) in [6.07, 6.45) is 7.77. The zero-order chi connectivity index (χ0) is 19.1. The molecule has 1 aromatic carbocycles. The number of hydrogen-bond acceptors (Lipinski definition) is 5. The van der Waals surface area contributed by atoms with E-state index in [-0.39, 0.29) is 12.5 Å². The van der Waals surface area contributed by atoms with Crippen LogP contribution < -0.4 is 16.4 Å². The van der Waals surface area contributed by atoms with Crippen LogP contribution in [0.3, 0.4) is 0 Å². The summed E-state index contributed by atoms with van der Waals surface area (Å²) < 4.78 is 0. The molecule has 1 amide bonds. The second kappa shape index (κ2) is 9.48. The first-order valence-electron chi connectivity index (χ1n) is 9.65. The van der Waals surface area contributed by atoms with E-state index in [2.05, 4.69) is 21.7 Å². The Bertz CT molecular complexity index is 755. The van der Waals surface area contributed by atoms with Crippen LogP contribution in [0.15, 0.2) is 36.5 Å². The molecule has 5 N–H and O–H groups in total. The number of amides is 1. The Morgan fingerprint density at radius 3 is 2.70 bits per heavy atom. The highest BCUT2D eigenvalue weighted by atomic mass is 16.3. The van der Waals surface area contributed by atoms with Crippen LogP contribution in [0, 0.1) is 0 Å². The number of nitrogens with zero attached hydrogens (tertiary/aromatic N) is 1. The van der Waals surface area contributed by atoms with Crippen LogP contribution >= 0.6 is 0 Å². The smallest absolute Gasteiger partial charge is 0.274 e. The van der Waals surface area contributed by atoms with Gasteiger partial charge in [-0.1, -0.05) is 37.5 Å². The van der Waals surface area contributed by atoms with Gasteiger partial charge in [0, 0.05) is 19.3 Å². The molecule has 0 spiro atoms. The summed E-state index contributed by atoms with van der Waals surface area (Å²) >= 11 is 0. The minimum Gasteiger partial charge on any atom is -0.397 e. The average Bonchev–Trinajstić information content (AvgIpc) is 2.71. The third-order valence-corrected chi connectivity index (χ3v) is 5.11. The summed E-state index contributed by atoms with van der Waals surface area (Å²) in [5, 5.41) is 14.8. The quantitative estimate of drug-likeness (QED) is 0.445. The van der Waals surface area contributed by atoms with Gasteiger partial charge in [0.2, 0.25) is 0 Å². The van der Waals surface area contributed by atoms with Gasteiger partial charge in [-0.2, -0.15) is 0 Å². The summed E-state index contributed by atoms with van der Waals surface area (Å²) in [6, 6.07) is 9.43. The SMILES string of the molecule is Nc1c(NC(=O)c2ccc(CNCCO)cn2)cccc1C1CCCCC1. The van der Waals surface area contributed by atoms with E-state index in [1.807, 2.05) is 18.2 Å². The number of benzene rings is 1. The first kappa shape index (κ1) is 19.3. The van der Waals surface area contributed by atoms with Gasteiger partial charge in [-0.3, -0.25) is 9.78 Å². The van der Waals surface area contributed by atoms with E-state index < -0.39 is 0 Å². The van der Waals surface area contributed by atoms with Crippen molar-refractivity contribution in [2.45, 2.75) is 44.6 Å². The summed E-state index contributed by atoms with van der Waals surface area (Å²) in [5.41, 5.74) is 10.1. The minimum atomic E-state index is -0.266. The predicted molar refractivity (Wildman–Crippen MR) is 108 cm³/mol. The molecule has 0 aliphatic heterocycles. The molecule has 2 aromatic rings. The highest BCUT2D eigenvalue weighted by molar-refractivity contribution is 6.04. The van der Waals surface area contributed by atoms with Crippen molar-refractivity contribution in [2.75, 3.05) is 24.2 Å². The van der Waals surface area contributed by atoms with Crippen LogP contribution in [0.2, 0.25) is 0 Å². The number of para-hydroxylation sites is 1. The zero-order valence-corrected chi connectivity index (χ0v) is 15.6. The molecule has 6 heteroatoms. The van der Waals surface area contributed by atoms with E-state index in [1.54, 1.807) is 12.3 Å². The molecule has 0 atom stereocenters. The number of pyridine rings is 1. The highest BCUT2D eigenvalue weighted by Gasteiger charge is 2.19. The van der Waals surface area contributed by atoms with Crippen LogP contribution in [0.1, 0.15) is 59.6 Å². The van der Waals surface area contributed by atoms with Crippen molar-refractivity contribution >= 4 is 17.3 Å². The second-order valence-electron chi connectivity index (χ2n) is 7.05. The maximum Gasteiger partial charge on any atom is 0.274 e. The molecule has 0 bridgehead atoms. The molecular formula is C21H28N4O2. The minimum absolute atomic E-state index is 0.0925. The fraction of sp³-hybridized carbons (Fsp3) is 0.429. The Hall–Kier alpha value is -2.44. The largest absolute Gasteiger partial charge is 0.397 e. The molecule has 6 nitrogen and oxygen atoms in total. The third kappa shape index (κ3) is 5.05. The number of nitrogen functional groups attached to an aromatic ring is 1. The Kier molecular flexibility index (Phi) is 6.79. The first-order chi connectivity index (χ1) is 13.2. The fourth-order valence-corrected chi connectivity index (χ4v) is 3.62. The second-order valence-corrected chi connectivity index (χ2v) is 7.05. The highest BCUT2D eigenvalue weighted by Crippen LogP contribution is 2.38. The van der Waals surface area contributed by atoms with Crippen LogP contribution in [-0.4, -0.2) is 29.1 Å². The zero-order valence-electron chi connectivity index (χ0n) is 15.6. The van der Waals surface area contributed by atoms with Crippen molar-refractivity contribution in [2.24, 2.45) is 0 Å². The fourth-order valence-electron chi connectivity index (χ4n) is 3.62. The molecule has 0 radical (unpaired) electrons. The van der Waals surface area contributed by atoms with Gasteiger partial charge in [0.15, 0.2) is 0 Å². The van der Waals surface area contributed by atoms with E-state index in [9.17, 15) is 4.79 Å². The van der Waals surface area contributed by atoms with E-state index in [0.29, 0.717) is 36.1 Å². The number of nitrogens with one attached hydrogen (secondary N) is 2. The Labute approximate surface area is 160 Å². The number of anilines is 2. The third-order valence-electron chi connectivity index (χ3n) is 5.11.